The molecular formula is C9H9BrO4. The Kier molecular flexibility index (Phi) is 5.04. The maximum absolute atomic E-state index is 11.3. The first-order valence-electron chi connectivity index (χ1n) is 3.54. The molecule has 0 aliphatic heterocycles. The second-order valence-corrected chi connectivity index (χ2v) is 3.15. The van der Waals surface area contributed by atoms with Gasteiger partial charge in [-0.2, -0.15) is 0 Å². The zero-order valence-corrected chi connectivity index (χ0v) is 9.00. The maximum atomic E-state index is 11.3. The zero-order chi connectivity index (χ0) is 9.84. The van der Waals surface area contributed by atoms with Crippen LogP contribution in [0.25, 0.3) is 0 Å². The molecule has 0 amide bonds. The van der Waals surface area contributed by atoms with Crippen molar-refractivity contribution in [2.24, 2.45) is 0 Å². The van der Waals surface area contributed by atoms with Crippen LogP contribution >= 0.6 is 15.9 Å². The lowest BCUT2D eigenvalue weighted by Crippen LogP contribution is -2.15. The first kappa shape index (κ1) is 12.8. The maximum Gasteiger partial charge on any atom is 0.379 e. The van der Waals surface area contributed by atoms with E-state index in [9.17, 15) is 9.59 Å². The minimum absolute atomic E-state index is 0. The van der Waals surface area contributed by atoms with Crippen LogP contribution in [0.1, 0.15) is 10.4 Å². The van der Waals surface area contributed by atoms with E-state index in [1.807, 2.05) is 0 Å². The average molecular weight is 261 g/mol. The quantitative estimate of drug-likeness (QED) is 0.452. The van der Waals surface area contributed by atoms with Gasteiger partial charge in [-0.3, -0.25) is 4.79 Å². The molecule has 0 spiro atoms. The third kappa shape index (κ3) is 2.65. The van der Waals surface area contributed by atoms with Crippen molar-refractivity contribution in [2.75, 3.05) is 7.11 Å². The van der Waals surface area contributed by atoms with Crippen LogP contribution in [-0.4, -0.2) is 24.3 Å². The van der Waals surface area contributed by atoms with E-state index in [4.69, 9.17) is 0 Å². The van der Waals surface area contributed by atoms with Crippen molar-refractivity contribution >= 4 is 27.7 Å². The van der Waals surface area contributed by atoms with Crippen LogP contribution in [0.15, 0.2) is 28.7 Å². The summed E-state index contributed by atoms with van der Waals surface area (Å²) in [6.07, 6.45) is 0. The first-order chi connectivity index (χ1) is 6.16. The Morgan fingerprint density at radius 3 is 2.36 bits per heavy atom. The van der Waals surface area contributed by atoms with Crippen molar-refractivity contribution in [1.29, 1.82) is 0 Å². The molecule has 1 rings (SSSR count). The highest BCUT2D eigenvalue weighted by atomic mass is 79.9. The Bertz CT molecular complexity index is 348. The van der Waals surface area contributed by atoms with Crippen molar-refractivity contribution in [3.05, 3.63) is 34.3 Å². The molecule has 0 aliphatic rings. The molecule has 0 saturated carbocycles. The summed E-state index contributed by atoms with van der Waals surface area (Å²) in [6, 6.07) is 6.69. The van der Waals surface area contributed by atoms with Gasteiger partial charge in [-0.15, -0.1) is 0 Å². The molecule has 1 aromatic rings. The third-order valence-corrected chi connectivity index (χ3v) is 2.18. The fraction of sp³-hybridized carbons (Fsp3) is 0.111. The van der Waals surface area contributed by atoms with Crippen LogP contribution in [0.2, 0.25) is 0 Å². The summed E-state index contributed by atoms with van der Waals surface area (Å²) in [5.41, 5.74) is 0.314. The van der Waals surface area contributed by atoms with Gasteiger partial charge in [0.15, 0.2) is 0 Å². The lowest BCUT2D eigenvalue weighted by Gasteiger charge is -2.00. The van der Waals surface area contributed by atoms with Crippen molar-refractivity contribution in [2.45, 2.75) is 0 Å². The summed E-state index contributed by atoms with van der Waals surface area (Å²) < 4.78 is 4.90. The molecule has 0 radical (unpaired) electrons. The second-order valence-electron chi connectivity index (χ2n) is 2.30. The molecule has 0 bridgehead atoms. The largest absolute Gasteiger partial charge is 0.463 e. The monoisotopic (exact) mass is 260 g/mol. The van der Waals surface area contributed by atoms with E-state index in [1.54, 1.807) is 24.3 Å². The molecule has 1 aromatic carbocycles. The van der Waals surface area contributed by atoms with Gasteiger partial charge < -0.3 is 10.2 Å². The number of hydrogen-bond donors (Lipinski definition) is 0. The van der Waals surface area contributed by atoms with Crippen molar-refractivity contribution < 1.29 is 19.8 Å². The molecule has 0 saturated heterocycles. The summed E-state index contributed by atoms with van der Waals surface area (Å²) in [4.78, 5) is 22.2. The topological polar surface area (TPSA) is 74.9 Å². The highest BCUT2D eigenvalue weighted by Crippen LogP contribution is 2.16. The number of Topliss-reactive ketones (excluding diaryl/α,β-unsaturated/α-hetero) is 1. The zero-order valence-electron chi connectivity index (χ0n) is 7.41. The van der Waals surface area contributed by atoms with Gasteiger partial charge >= 0.3 is 5.97 Å². The van der Waals surface area contributed by atoms with Gasteiger partial charge in [-0.25, -0.2) is 4.79 Å². The Labute approximate surface area is 89.3 Å². The normalized spacial score (nSPS) is 8.71. The van der Waals surface area contributed by atoms with Gasteiger partial charge in [-0.05, 0) is 12.1 Å². The smallest absolute Gasteiger partial charge is 0.379 e. The minimum atomic E-state index is -0.855. The van der Waals surface area contributed by atoms with E-state index in [0.29, 0.717) is 10.0 Å². The molecule has 4 nitrogen and oxygen atoms in total. The number of esters is 1. The van der Waals surface area contributed by atoms with Gasteiger partial charge in [0.05, 0.1) is 7.11 Å². The molecule has 0 aliphatic carbocycles. The summed E-state index contributed by atoms with van der Waals surface area (Å²) in [5, 5.41) is 0. The van der Waals surface area contributed by atoms with Crippen LogP contribution in [0, 0.1) is 0 Å². The Balaban J connectivity index is 0.00000169. The molecule has 0 unspecified atom stereocenters. The van der Waals surface area contributed by atoms with E-state index >= 15 is 0 Å². The van der Waals surface area contributed by atoms with Crippen LogP contribution in [0.4, 0.5) is 0 Å². The highest BCUT2D eigenvalue weighted by Gasteiger charge is 2.18. The van der Waals surface area contributed by atoms with Crippen LogP contribution < -0.4 is 0 Å². The number of hydrogen-bond acceptors (Lipinski definition) is 3. The Hall–Kier alpha value is -1.20. The minimum Gasteiger partial charge on any atom is -0.463 e. The number of ketones is 1. The number of carbonyl (C=O) groups excluding carboxylic acids is 2. The van der Waals surface area contributed by atoms with Gasteiger partial charge in [0.1, 0.15) is 0 Å². The molecular weight excluding hydrogens is 252 g/mol. The van der Waals surface area contributed by atoms with E-state index in [1.165, 1.54) is 7.11 Å². The van der Waals surface area contributed by atoms with Crippen molar-refractivity contribution in [3.63, 3.8) is 0 Å². The first-order valence-corrected chi connectivity index (χ1v) is 4.33. The fourth-order valence-electron chi connectivity index (χ4n) is 0.848. The number of benzene rings is 1. The predicted molar refractivity (Wildman–Crippen MR) is 54.1 cm³/mol. The SMILES string of the molecule is COC(=O)C(=O)c1ccccc1Br.O. The summed E-state index contributed by atoms with van der Waals surface area (Å²) in [7, 11) is 1.18. The fourth-order valence-corrected chi connectivity index (χ4v) is 1.31. The molecule has 0 fully saturated rings. The van der Waals surface area contributed by atoms with Gasteiger partial charge in [0.2, 0.25) is 0 Å². The molecule has 0 heterocycles. The van der Waals surface area contributed by atoms with Crippen molar-refractivity contribution in [3.8, 4) is 0 Å². The van der Waals surface area contributed by atoms with E-state index < -0.39 is 11.8 Å². The van der Waals surface area contributed by atoms with E-state index in [-0.39, 0.29) is 5.48 Å². The lowest BCUT2D eigenvalue weighted by molar-refractivity contribution is -0.135. The number of methoxy groups -OCH3 is 1. The standard InChI is InChI=1S/C9H7BrO3.H2O/c1-13-9(12)8(11)6-4-2-3-5-7(6)10;/h2-5H,1H3;1H2. The van der Waals surface area contributed by atoms with Gasteiger partial charge in [0, 0.05) is 10.0 Å². The van der Waals surface area contributed by atoms with Crippen LogP contribution in [-0.2, 0) is 9.53 Å². The van der Waals surface area contributed by atoms with Gasteiger partial charge in [-0.1, -0.05) is 28.1 Å². The Morgan fingerprint density at radius 1 is 1.29 bits per heavy atom. The average Bonchev–Trinajstić information content (AvgIpc) is 2.16. The number of rotatable bonds is 2. The van der Waals surface area contributed by atoms with Crippen LogP contribution in [0.5, 0.6) is 0 Å². The second kappa shape index (κ2) is 5.51. The number of carbonyl (C=O) groups is 2. The highest BCUT2D eigenvalue weighted by molar-refractivity contribution is 9.10. The third-order valence-electron chi connectivity index (χ3n) is 1.49. The Morgan fingerprint density at radius 2 is 1.86 bits per heavy atom. The van der Waals surface area contributed by atoms with E-state index in [0.717, 1.165) is 0 Å². The number of halogens is 1. The molecule has 5 heteroatoms. The summed E-state index contributed by atoms with van der Waals surface area (Å²) in [6.45, 7) is 0. The molecule has 0 aromatic heterocycles. The van der Waals surface area contributed by atoms with E-state index in [2.05, 4.69) is 20.7 Å². The molecule has 76 valence electrons. The van der Waals surface area contributed by atoms with Crippen molar-refractivity contribution in [1.82, 2.24) is 0 Å². The summed E-state index contributed by atoms with van der Waals surface area (Å²) in [5.74, 6) is -1.50. The molecule has 14 heavy (non-hydrogen) atoms. The number of ether oxygens (including phenoxy) is 1. The van der Waals surface area contributed by atoms with Gasteiger partial charge in [0.25, 0.3) is 5.78 Å². The predicted octanol–water partition coefficient (Wildman–Crippen LogP) is 0.980. The van der Waals surface area contributed by atoms with Crippen LogP contribution in [0.3, 0.4) is 0 Å². The summed E-state index contributed by atoms with van der Waals surface area (Å²) >= 11 is 3.17. The lowest BCUT2D eigenvalue weighted by atomic mass is 10.1. The molecule has 2 N–H and O–H groups in total. The molecule has 0 atom stereocenters.